The van der Waals surface area contributed by atoms with Crippen molar-refractivity contribution in [3.63, 3.8) is 0 Å². The van der Waals surface area contributed by atoms with Crippen LogP contribution in [0, 0.1) is 33.1 Å². The topological polar surface area (TPSA) is 66.9 Å². The third-order valence-electron chi connectivity index (χ3n) is 2.71. The van der Waals surface area contributed by atoms with E-state index in [1.54, 1.807) is 0 Å². The van der Waals surface area contributed by atoms with Crippen LogP contribution in [0.4, 0.5) is 14.5 Å². The van der Waals surface area contributed by atoms with Gasteiger partial charge in [-0.1, -0.05) is 0 Å². The van der Waals surface area contributed by atoms with Crippen molar-refractivity contribution in [3.05, 3.63) is 39.4 Å². The fourth-order valence-electron chi connectivity index (χ4n) is 1.61. The van der Waals surface area contributed by atoms with Gasteiger partial charge in [0.2, 0.25) is 5.82 Å². The lowest BCUT2D eigenvalue weighted by Crippen LogP contribution is -2.08. The SMILES string of the molecule is N#CC1(c2cc(F)c([N+](=O)[O-])cc2F)CC1. The normalized spacial score (nSPS) is 16.6. The lowest BCUT2D eigenvalue weighted by atomic mass is 9.96. The number of nitriles is 1. The van der Waals surface area contributed by atoms with Crippen molar-refractivity contribution < 1.29 is 13.7 Å². The lowest BCUT2D eigenvalue weighted by Gasteiger charge is -2.07. The Hall–Kier alpha value is -2.03. The van der Waals surface area contributed by atoms with Crippen molar-refractivity contribution >= 4 is 5.69 Å². The number of benzene rings is 1. The molecule has 0 aliphatic heterocycles. The second-order valence-electron chi connectivity index (χ2n) is 3.73. The highest BCUT2D eigenvalue weighted by Gasteiger charge is 2.47. The van der Waals surface area contributed by atoms with Gasteiger partial charge in [-0.25, -0.2) is 4.39 Å². The van der Waals surface area contributed by atoms with Crippen molar-refractivity contribution in [2.75, 3.05) is 0 Å². The van der Waals surface area contributed by atoms with Gasteiger partial charge < -0.3 is 0 Å². The smallest absolute Gasteiger partial charge is 0.258 e. The molecule has 0 heterocycles. The van der Waals surface area contributed by atoms with Gasteiger partial charge in [0.1, 0.15) is 5.82 Å². The summed E-state index contributed by atoms with van der Waals surface area (Å²) in [7, 11) is 0. The van der Waals surface area contributed by atoms with Crippen LogP contribution in [0.3, 0.4) is 0 Å². The van der Waals surface area contributed by atoms with Crippen molar-refractivity contribution in [1.29, 1.82) is 5.26 Å². The Balaban J connectivity index is 2.56. The molecule has 1 aromatic carbocycles. The van der Waals surface area contributed by atoms with Crippen LogP contribution in [0.25, 0.3) is 0 Å². The minimum atomic E-state index is -1.11. The second-order valence-corrected chi connectivity index (χ2v) is 3.73. The first-order chi connectivity index (χ1) is 7.50. The summed E-state index contributed by atoms with van der Waals surface area (Å²) in [6.45, 7) is 0. The molecule has 0 radical (unpaired) electrons. The van der Waals surface area contributed by atoms with Crippen molar-refractivity contribution in [2.24, 2.45) is 0 Å². The summed E-state index contributed by atoms with van der Waals surface area (Å²) in [5.41, 5.74) is -1.98. The van der Waals surface area contributed by atoms with Crippen LogP contribution in [-0.2, 0) is 5.41 Å². The number of nitro benzene ring substituents is 1. The Labute approximate surface area is 89.3 Å². The van der Waals surface area contributed by atoms with E-state index in [2.05, 4.69) is 0 Å². The molecule has 2 rings (SSSR count). The third-order valence-corrected chi connectivity index (χ3v) is 2.71. The monoisotopic (exact) mass is 224 g/mol. The number of hydrogen-bond acceptors (Lipinski definition) is 3. The first kappa shape index (κ1) is 10.5. The molecule has 0 spiro atoms. The summed E-state index contributed by atoms with van der Waals surface area (Å²) >= 11 is 0. The van der Waals surface area contributed by atoms with Crippen molar-refractivity contribution in [3.8, 4) is 6.07 Å². The molecule has 0 N–H and O–H groups in total. The van der Waals surface area contributed by atoms with E-state index in [0.29, 0.717) is 18.9 Å². The predicted molar refractivity (Wildman–Crippen MR) is 49.5 cm³/mol. The quantitative estimate of drug-likeness (QED) is 0.572. The Morgan fingerprint density at radius 2 is 2.00 bits per heavy atom. The minimum Gasteiger partial charge on any atom is -0.258 e. The van der Waals surface area contributed by atoms with E-state index in [4.69, 9.17) is 5.26 Å². The van der Waals surface area contributed by atoms with E-state index in [-0.39, 0.29) is 5.56 Å². The average molecular weight is 224 g/mol. The van der Waals surface area contributed by atoms with Crippen LogP contribution in [0.5, 0.6) is 0 Å². The Morgan fingerprint density at radius 3 is 2.44 bits per heavy atom. The maximum atomic E-state index is 13.5. The number of nitrogens with zero attached hydrogens (tertiary/aromatic N) is 2. The molecule has 1 aromatic rings. The van der Waals surface area contributed by atoms with Gasteiger partial charge in [0, 0.05) is 5.56 Å². The molecule has 1 fully saturated rings. The molecule has 0 atom stereocenters. The van der Waals surface area contributed by atoms with E-state index in [0.717, 1.165) is 6.07 Å². The Kier molecular flexibility index (Phi) is 2.12. The summed E-state index contributed by atoms with van der Waals surface area (Å²) in [4.78, 5) is 9.36. The average Bonchev–Trinajstić information content (AvgIpc) is 3.01. The van der Waals surface area contributed by atoms with Gasteiger partial charge in [-0.3, -0.25) is 10.1 Å². The molecule has 0 amide bonds. The molecular formula is C10H6F2N2O2. The third kappa shape index (κ3) is 1.41. The Morgan fingerprint density at radius 1 is 1.38 bits per heavy atom. The molecule has 82 valence electrons. The molecule has 0 saturated heterocycles. The molecule has 16 heavy (non-hydrogen) atoms. The van der Waals surface area contributed by atoms with Gasteiger partial charge in [0.25, 0.3) is 0 Å². The number of halogens is 2. The lowest BCUT2D eigenvalue weighted by molar-refractivity contribution is -0.387. The van der Waals surface area contributed by atoms with Gasteiger partial charge in [0.05, 0.1) is 22.5 Å². The minimum absolute atomic E-state index is 0.0851. The highest BCUT2D eigenvalue weighted by Crippen LogP contribution is 2.49. The fraction of sp³-hybridized carbons (Fsp3) is 0.300. The zero-order chi connectivity index (χ0) is 11.9. The first-order valence-electron chi connectivity index (χ1n) is 4.55. The van der Waals surface area contributed by atoms with Crippen molar-refractivity contribution in [1.82, 2.24) is 0 Å². The van der Waals surface area contributed by atoms with Crippen LogP contribution in [-0.4, -0.2) is 4.92 Å². The maximum absolute atomic E-state index is 13.5. The molecule has 6 heteroatoms. The molecule has 4 nitrogen and oxygen atoms in total. The van der Waals surface area contributed by atoms with E-state index in [9.17, 15) is 18.9 Å². The highest BCUT2D eigenvalue weighted by molar-refractivity contribution is 5.45. The largest absolute Gasteiger partial charge is 0.307 e. The van der Waals surface area contributed by atoms with Gasteiger partial charge in [-0.05, 0) is 18.9 Å². The van der Waals surface area contributed by atoms with Crippen LogP contribution < -0.4 is 0 Å². The van der Waals surface area contributed by atoms with Crippen molar-refractivity contribution in [2.45, 2.75) is 18.3 Å². The van der Waals surface area contributed by atoms with Gasteiger partial charge in [-0.2, -0.15) is 9.65 Å². The fourth-order valence-corrected chi connectivity index (χ4v) is 1.61. The van der Waals surface area contributed by atoms with Gasteiger partial charge >= 0.3 is 5.69 Å². The highest BCUT2D eigenvalue weighted by atomic mass is 19.1. The molecule has 1 saturated carbocycles. The summed E-state index contributed by atoms with van der Waals surface area (Å²) in [5.74, 6) is -2.00. The van der Waals surface area contributed by atoms with E-state index in [1.807, 2.05) is 6.07 Å². The summed E-state index contributed by atoms with van der Waals surface area (Å²) < 4.78 is 26.7. The summed E-state index contributed by atoms with van der Waals surface area (Å²) in [6.07, 6.45) is 0.912. The molecule has 1 aliphatic rings. The van der Waals surface area contributed by atoms with Gasteiger partial charge in [-0.15, -0.1) is 0 Å². The van der Waals surface area contributed by atoms with Crippen LogP contribution in [0.15, 0.2) is 12.1 Å². The van der Waals surface area contributed by atoms with E-state index < -0.39 is 27.7 Å². The molecule has 0 bridgehead atoms. The van der Waals surface area contributed by atoms with Gasteiger partial charge in [0.15, 0.2) is 0 Å². The first-order valence-corrected chi connectivity index (χ1v) is 4.55. The Bertz CT molecular complexity index is 518. The van der Waals surface area contributed by atoms with E-state index >= 15 is 0 Å². The summed E-state index contributed by atoms with van der Waals surface area (Å²) in [6, 6.07) is 3.19. The zero-order valence-corrected chi connectivity index (χ0v) is 8.04. The summed E-state index contributed by atoms with van der Waals surface area (Å²) in [5, 5.41) is 19.2. The van der Waals surface area contributed by atoms with Crippen LogP contribution >= 0.6 is 0 Å². The maximum Gasteiger partial charge on any atom is 0.307 e. The molecule has 1 aliphatic carbocycles. The number of hydrogen-bond donors (Lipinski definition) is 0. The zero-order valence-electron chi connectivity index (χ0n) is 8.04. The predicted octanol–water partition coefficient (Wildman–Crippen LogP) is 2.43. The second kappa shape index (κ2) is 3.23. The molecular weight excluding hydrogens is 218 g/mol. The number of nitro groups is 1. The van der Waals surface area contributed by atoms with E-state index in [1.165, 1.54) is 0 Å². The van der Waals surface area contributed by atoms with Crippen LogP contribution in [0.1, 0.15) is 18.4 Å². The standard InChI is InChI=1S/C10H6F2N2O2/c11-7-4-9(14(15)16)8(12)3-6(7)10(5-13)1-2-10/h3-4H,1-2H2. The van der Waals surface area contributed by atoms with Crippen LogP contribution in [0.2, 0.25) is 0 Å². The molecule has 0 unspecified atom stereocenters. The molecule has 0 aromatic heterocycles. The number of rotatable bonds is 2.